The Hall–Kier alpha value is -1.59. The molecule has 1 aromatic rings. The lowest BCUT2D eigenvalue weighted by molar-refractivity contribution is -0.139. The largest absolute Gasteiger partial charge is 0.480 e. The molecule has 0 spiro atoms. The lowest BCUT2D eigenvalue weighted by Gasteiger charge is -2.24. The van der Waals surface area contributed by atoms with Gasteiger partial charge in [-0.05, 0) is 12.1 Å². The number of hydrogen-bond acceptors (Lipinski definition) is 4. The van der Waals surface area contributed by atoms with Crippen molar-refractivity contribution in [1.82, 2.24) is 0 Å². The fourth-order valence-electron chi connectivity index (χ4n) is 1.07. The van der Waals surface area contributed by atoms with E-state index < -0.39 is 18.6 Å². The van der Waals surface area contributed by atoms with Crippen LogP contribution in [0, 0.1) is 0 Å². The monoisotopic (exact) mass is 196 g/mol. The second-order valence-corrected chi connectivity index (χ2v) is 2.78. The molecule has 0 aliphatic carbocycles. The summed E-state index contributed by atoms with van der Waals surface area (Å²) in [6.07, 6.45) is 0. The molecule has 0 saturated heterocycles. The standard InChI is InChI=1S/C9H12N2O3/c10-11(8(6-12)9(13)14)7-4-2-1-3-5-7/h1-5,8,12H,6,10H2,(H,13,14)/t8-/m0/s1. The van der Waals surface area contributed by atoms with Crippen LogP contribution in [-0.4, -0.2) is 28.8 Å². The molecule has 1 aromatic carbocycles. The minimum absolute atomic E-state index is 0.527. The van der Waals surface area contributed by atoms with Crippen molar-refractivity contribution >= 4 is 11.7 Å². The van der Waals surface area contributed by atoms with E-state index >= 15 is 0 Å². The summed E-state index contributed by atoms with van der Waals surface area (Å²) in [6.45, 7) is -0.527. The van der Waals surface area contributed by atoms with Gasteiger partial charge >= 0.3 is 5.97 Å². The van der Waals surface area contributed by atoms with Crippen LogP contribution in [0.3, 0.4) is 0 Å². The lowest BCUT2D eigenvalue weighted by Crippen LogP contribution is -2.48. The molecule has 4 N–H and O–H groups in total. The van der Waals surface area contributed by atoms with Crippen molar-refractivity contribution in [2.45, 2.75) is 6.04 Å². The summed E-state index contributed by atoms with van der Waals surface area (Å²) >= 11 is 0. The smallest absolute Gasteiger partial charge is 0.330 e. The average Bonchev–Trinajstić information content (AvgIpc) is 2.19. The first-order valence-electron chi connectivity index (χ1n) is 4.09. The van der Waals surface area contributed by atoms with Crippen LogP contribution in [0.1, 0.15) is 0 Å². The number of carboxylic acids is 1. The molecule has 0 bridgehead atoms. The van der Waals surface area contributed by atoms with Crippen LogP contribution in [-0.2, 0) is 4.79 Å². The zero-order valence-corrected chi connectivity index (χ0v) is 7.50. The number of rotatable bonds is 4. The van der Waals surface area contributed by atoms with Gasteiger partial charge < -0.3 is 10.2 Å². The topological polar surface area (TPSA) is 86.8 Å². The number of carbonyl (C=O) groups is 1. The Morgan fingerprint density at radius 3 is 2.43 bits per heavy atom. The number of aliphatic hydroxyl groups is 1. The normalized spacial score (nSPS) is 12.1. The maximum Gasteiger partial charge on any atom is 0.330 e. The molecule has 14 heavy (non-hydrogen) atoms. The zero-order valence-electron chi connectivity index (χ0n) is 7.50. The van der Waals surface area contributed by atoms with Crippen LogP contribution < -0.4 is 10.9 Å². The summed E-state index contributed by atoms with van der Waals surface area (Å²) in [5, 5.41) is 18.6. The SMILES string of the molecule is NN(c1ccccc1)[C@@H](CO)C(=O)O. The van der Waals surface area contributed by atoms with Crippen molar-refractivity contribution in [2.75, 3.05) is 11.6 Å². The summed E-state index contributed by atoms with van der Waals surface area (Å²) in [6, 6.07) is 7.51. The summed E-state index contributed by atoms with van der Waals surface area (Å²) in [4.78, 5) is 10.7. The lowest BCUT2D eigenvalue weighted by atomic mass is 10.2. The van der Waals surface area contributed by atoms with Gasteiger partial charge in [0, 0.05) is 0 Å². The minimum atomic E-state index is -1.15. The van der Waals surface area contributed by atoms with E-state index in [1.165, 1.54) is 0 Å². The van der Waals surface area contributed by atoms with Crippen molar-refractivity contribution < 1.29 is 15.0 Å². The van der Waals surface area contributed by atoms with Gasteiger partial charge in [-0.15, -0.1) is 0 Å². The number of aliphatic carboxylic acids is 1. The number of nitrogens with zero attached hydrogens (tertiary/aromatic N) is 1. The highest BCUT2D eigenvalue weighted by Gasteiger charge is 2.22. The Balaban J connectivity index is 2.83. The Morgan fingerprint density at radius 2 is 2.00 bits per heavy atom. The third-order valence-electron chi connectivity index (χ3n) is 1.85. The molecule has 0 heterocycles. The number of carboxylic acid groups (broad SMARTS) is 1. The van der Waals surface area contributed by atoms with Gasteiger partial charge in [0.25, 0.3) is 0 Å². The first-order valence-corrected chi connectivity index (χ1v) is 4.09. The van der Waals surface area contributed by atoms with Crippen LogP contribution in [0.2, 0.25) is 0 Å². The number of hydrazine groups is 1. The van der Waals surface area contributed by atoms with Gasteiger partial charge in [-0.3, -0.25) is 5.01 Å². The number of anilines is 1. The van der Waals surface area contributed by atoms with E-state index in [0.717, 1.165) is 5.01 Å². The molecule has 1 atom stereocenters. The van der Waals surface area contributed by atoms with E-state index in [-0.39, 0.29) is 0 Å². The molecule has 0 radical (unpaired) electrons. The van der Waals surface area contributed by atoms with E-state index in [4.69, 9.17) is 16.1 Å². The van der Waals surface area contributed by atoms with Gasteiger partial charge in [0.15, 0.2) is 6.04 Å². The Kier molecular flexibility index (Phi) is 3.44. The highest BCUT2D eigenvalue weighted by Crippen LogP contribution is 2.12. The zero-order chi connectivity index (χ0) is 10.6. The number of nitrogens with two attached hydrogens (primary N) is 1. The molecule has 0 amide bonds. The van der Waals surface area contributed by atoms with Gasteiger partial charge in [-0.2, -0.15) is 0 Å². The predicted octanol–water partition coefficient (Wildman–Crippen LogP) is -0.188. The summed E-state index contributed by atoms with van der Waals surface area (Å²) in [5.74, 6) is 4.39. The van der Waals surface area contributed by atoms with Crippen LogP contribution in [0.5, 0.6) is 0 Å². The molecule has 0 saturated carbocycles. The quantitative estimate of drug-likeness (QED) is 0.459. The van der Waals surface area contributed by atoms with Crippen molar-refractivity contribution in [1.29, 1.82) is 0 Å². The maximum atomic E-state index is 10.7. The molecule has 0 aliphatic rings. The molecule has 0 aliphatic heterocycles. The van der Waals surface area contributed by atoms with Crippen molar-refractivity contribution in [2.24, 2.45) is 5.84 Å². The molecule has 0 aromatic heterocycles. The van der Waals surface area contributed by atoms with E-state index in [1.54, 1.807) is 30.3 Å². The van der Waals surface area contributed by atoms with Crippen molar-refractivity contribution in [3.63, 3.8) is 0 Å². The van der Waals surface area contributed by atoms with Crippen molar-refractivity contribution in [3.8, 4) is 0 Å². The van der Waals surface area contributed by atoms with Crippen molar-refractivity contribution in [3.05, 3.63) is 30.3 Å². The van der Waals surface area contributed by atoms with Crippen LogP contribution in [0.15, 0.2) is 30.3 Å². The van der Waals surface area contributed by atoms with E-state index in [9.17, 15) is 4.79 Å². The van der Waals surface area contributed by atoms with Gasteiger partial charge in [0.2, 0.25) is 0 Å². The molecular formula is C9H12N2O3. The molecular weight excluding hydrogens is 184 g/mol. The maximum absolute atomic E-state index is 10.7. The predicted molar refractivity (Wildman–Crippen MR) is 51.6 cm³/mol. The van der Waals surface area contributed by atoms with Gasteiger partial charge in [-0.25, -0.2) is 10.6 Å². The van der Waals surface area contributed by atoms with Crippen LogP contribution >= 0.6 is 0 Å². The third-order valence-corrected chi connectivity index (χ3v) is 1.85. The first-order chi connectivity index (χ1) is 6.66. The molecule has 76 valence electrons. The van der Waals surface area contributed by atoms with E-state index in [0.29, 0.717) is 5.69 Å². The van der Waals surface area contributed by atoms with Crippen LogP contribution in [0.25, 0.3) is 0 Å². The molecule has 1 rings (SSSR count). The number of para-hydroxylation sites is 1. The molecule has 5 heteroatoms. The van der Waals surface area contributed by atoms with Gasteiger partial charge in [0.1, 0.15) is 0 Å². The van der Waals surface area contributed by atoms with E-state index in [2.05, 4.69) is 0 Å². The summed E-state index contributed by atoms with van der Waals surface area (Å²) < 4.78 is 0. The summed E-state index contributed by atoms with van der Waals surface area (Å²) in [5.41, 5.74) is 0.550. The molecule has 5 nitrogen and oxygen atoms in total. The summed E-state index contributed by atoms with van der Waals surface area (Å²) in [7, 11) is 0. The van der Waals surface area contributed by atoms with Crippen LogP contribution in [0.4, 0.5) is 5.69 Å². The second-order valence-electron chi connectivity index (χ2n) is 2.78. The highest BCUT2D eigenvalue weighted by molar-refractivity contribution is 5.77. The van der Waals surface area contributed by atoms with E-state index in [1.807, 2.05) is 0 Å². The number of benzene rings is 1. The Bertz CT molecular complexity index is 302. The van der Waals surface area contributed by atoms with Gasteiger partial charge in [-0.1, -0.05) is 18.2 Å². The molecule has 0 fully saturated rings. The second kappa shape index (κ2) is 4.59. The fraction of sp³-hybridized carbons (Fsp3) is 0.222. The Morgan fingerprint density at radius 1 is 1.43 bits per heavy atom. The minimum Gasteiger partial charge on any atom is -0.480 e. The number of aliphatic hydroxyl groups excluding tert-OH is 1. The molecule has 0 unspecified atom stereocenters. The van der Waals surface area contributed by atoms with Gasteiger partial charge in [0.05, 0.1) is 12.3 Å². The number of hydrogen-bond donors (Lipinski definition) is 3. The Labute approximate surface area is 81.3 Å². The highest BCUT2D eigenvalue weighted by atomic mass is 16.4. The first kappa shape index (κ1) is 10.5. The average molecular weight is 196 g/mol. The fourth-order valence-corrected chi connectivity index (χ4v) is 1.07. The third kappa shape index (κ3) is 2.21.